The summed E-state index contributed by atoms with van der Waals surface area (Å²) in [6.07, 6.45) is -1.04. The van der Waals surface area contributed by atoms with Crippen molar-refractivity contribution >= 4 is 10.0 Å². The zero-order valence-electron chi connectivity index (χ0n) is 9.32. The van der Waals surface area contributed by atoms with E-state index in [2.05, 4.69) is 0 Å². The van der Waals surface area contributed by atoms with E-state index in [4.69, 9.17) is 5.14 Å². The van der Waals surface area contributed by atoms with E-state index in [-0.39, 0.29) is 11.4 Å². The molecule has 0 radical (unpaired) electrons. The summed E-state index contributed by atoms with van der Waals surface area (Å²) in [5, 5.41) is 4.87. The monoisotopic (exact) mass is 270 g/mol. The molecule has 0 aromatic rings. The standard InChI is InChI=1S/C9H13F3N2O2S/c1-8(2,9(10,11)12)14-5-3-4-7(6-14)17(13,15)16/h3-4,6H,5H2,1-2H3,(H2,13,15,16). The molecular weight excluding hydrogens is 257 g/mol. The van der Waals surface area contributed by atoms with Crippen LogP contribution in [0.5, 0.6) is 0 Å². The number of rotatable bonds is 2. The maximum Gasteiger partial charge on any atom is 0.411 e. The average molecular weight is 270 g/mol. The maximum atomic E-state index is 12.8. The smallest absolute Gasteiger partial charge is 0.359 e. The molecule has 0 fully saturated rings. The van der Waals surface area contributed by atoms with Gasteiger partial charge in [-0.15, -0.1) is 0 Å². The molecule has 1 aliphatic rings. The van der Waals surface area contributed by atoms with E-state index in [1.54, 1.807) is 0 Å². The normalized spacial score (nSPS) is 18.2. The molecule has 0 aromatic heterocycles. The van der Waals surface area contributed by atoms with Crippen LogP contribution in [0.2, 0.25) is 0 Å². The van der Waals surface area contributed by atoms with Gasteiger partial charge >= 0.3 is 6.18 Å². The minimum atomic E-state index is -4.47. The highest BCUT2D eigenvalue weighted by Gasteiger charge is 2.50. The quantitative estimate of drug-likeness (QED) is 0.823. The summed E-state index contributed by atoms with van der Waals surface area (Å²) in [6.45, 7) is 1.93. The third-order valence-corrected chi connectivity index (χ3v) is 3.51. The van der Waals surface area contributed by atoms with E-state index in [9.17, 15) is 21.6 Å². The van der Waals surface area contributed by atoms with Crippen LogP contribution in [0, 0.1) is 0 Å². The van der Waals surface area contributed by atoms with Gasteiger partial charge in [-0.05, 0) is 19.9 Å². The molecule has 0 spiro atoms. The molecule has 0 aromatic carbocycles. The summed E-state index contributed by atoms with van der Waals surface area (Å²) < 4.78 is 60.4. The van der Waals surface area contributed by atoms with Gasteiger partial charge in [0.2, 0.25) is 10.0 Å². The Morgan fingerprint density at radius 1 is 1.35 bits per heavy atom. The van der Waals surface area contributed by atoms with Crippen molar-refractivity contribution in [1.29, 1.82) is 0 Å². The lowest BCUT2D eigenvalue weighted by Gasteiger charge is -2.39. The molecule has 0 bridgehead atoms. The van der Waals surface area contributed by atoms with E-state index >= 15 is 0 Å². The first-order chi connectivity index (χ1) is 7.46. The molecule has 1 rings (SSSR count). The predicted octanol–water partition coefficient (Wildman–Crippen LogP) is 1.33. The predicted molar refractivity (Wildman–Crippen MR) is 57.2 cm³/mol. The van der Waals surface area contributed by atoms with Crippen molar-refractivity contribution < 1.29 is 21.6 Å². The van der Waals surface area contributed by atoms with Crippen molar-refractivity contribution in [3.05, 3.63) is 23.3 Å². The summed E-state index contributed by atoms with van der Waals surface area (Å²) in [5.74, 6) is 0. The van der Waals surface area contributed by atoms with Crippen LogP contribution in [-0.2, 0) is 10.0 Å². The number of hydrogen-bond donors (Lipinski definition) is 1. The fourth-order valence-corrected chi connectivity index (χ4v) is 1.81. The lowest BCUT2D eigenvalue weighted by molar-refractivity contribution is -0.211. The van der Waals surface area contributed by atoms with E-state index in [1.165, 1.54) is 12.2 Å². The molecule has 17 heavy (non-hydrogen) atoms. The molecule has 0 unspecified atom stereocenters. The minimum absolute atomic E-state index is 0.0223. The van der Waals surface area contributed by atoms with Crippen LogP contribution in [0.3, 0.4) is 0 Å². The zero-order chi connectivity index (χ0) is 13.5. The van der Waals surface area contributed by atoms with E-state index in [1.807, 2.05) is 0 Å². The first kappa shape index (κ1) is 14.0. The highest BCUT2D eigenvalue weighted by Crippen LogP contribution is 2.36. The molecule has 8 heteroatoms. The van der Waals surface area contributed by atoms with Crippen molar-refractivity contribution in [1.82, 2.24) is 4.90 Å². The van der Waals surface area contributed by atoms with Crippen molar-refractivity contribution in [2.75, 3.05) is 6.54 Å². The number of nitrogens with zero attached hydrogens (tertiary/aromatic N) is 1. The first-order valence-electron chi connectivity index (χ1n) is 4.71. The van der Waals surface area contributed by atoms with Gasteiger partial charge in [-0.3, -0.25) is 0 Å². The van der Waals surface area contributed by atoms with Crippen LogP contribution < -0.4 is 5.14 Å². The Morgan fingerprint density at radius 3 is 2.29 bits per heavy atom. The van der Waals surface area contributed by atoms with Crippen molar-refractivity contribution in [3.8, 4) is 0 Å². The van der Waals surface area contributed by atoms with Crippen LogP contribution in [0.1, 0.15) is 13.8 Å². The fraction of sp³-hybridized carbons (Fsp3) is 0.556. The number of nitrogens with two attached hydrogens (primary N) is 1. The maximum absolute atomic E-state index is 12.8. The minimum Gasteiger partial charge on any atom is -0.359 e. The molecule has 0 atom stereocenters. The lowest BCUT2D eigenvalue weighted by Crippen LogP contribution is -2.53. The Kier molecular flexibility index (Phi) is 3.32. The van der Waals surface area contributed by atoms with Crippen LogP contribution in [0.4, 0.5) is 13.2 Å². The van der Waals surface area contributed by atoms with Gasteiger partial charge < -0.3 is 4.90 Å². The Balaban J connectivity index is 3.13. The number of hydrogen-bond acceptors (Lipinski definition) is 3. The molecule has 1 heterocycles. The largest absolute Gasteiger partial charge is 0.411 e. The summed E-state index contributed by atoms with van der Waals surface area (Å²) in [7, 11) is -4.00. The fourth-order valence-electron chi connectivity index (χ4n) is 1.25. The van der Waals surface area contributed by atoms with E-state index < -0.39 is 21.7 Å². The Morgan fingerprint density at radius 2 is 1.88 bits per heavy atom. The second-order valence-corrected chi connectivity index (χ2v) is 5.75. The lowest BCUT2D eigenvalue weighted by atomic mass is 10.0. The number of alkyl halides is 3. The number of primary sulfonamides is 1. The van der Waals surface area contributed by atoms with Crippen molar-refractivity contribution in [3.63, 3.8) is 0 Å². The first-order valence-corrected chi connectivity index (χ1v) is 6.25. The highest BCUT2D eigenvalue weighted by atomic mass is 32.2. The summed E-state index contributed by atoms with van der Waals surface area (Å²) in [4.78, 5) is 0.563. The molecule has 1 aliphatic heterocycles. The van der Waals surface area contributed by atoms with Gasteiger partial charge in [0.25, 0.3) is 0 Å². The van der Waals surface area contributed by atoms with Gasteiger partial charge in [0.15, 0.2) is 0 Å². The van der Waals surface area contributed by atoms with Gasteiger partial charge in [-0.1, -0.05) is 6.08 Å². The third kappa shape index (κ3) is 2.81. The van der Waals surface area contributed by atoms with E-state index in [0.29, 0.717) is 0 Å². The summed E-state index contributed by atoms with van der Waals surface area (Å²) in [6, 6.07) is 0. The molecular formula is C9H13F3N2O2S. The molecule has 4 nitrogen and oxygen atoms in total. The second-order valence-electron chi connectivity index (χ2n) is 4.19. The average Bonchev–Trinajstić information content (AvgIpc) is 2.15. The third-order valence-electron chi connectivity index (χ3n) is 2.61. The van der Waals surface area contributed by atoms with Crippen LogP contribution in [0.15, 0.2) is 23.3 Å². The molecule has 0 aliphatic carbocycles. The Bertz CT molecular complexity index is 463. The molecule has 2 N–H and O–H groups in total. The number of sulfonamides is 1. The van der Waals surface area contributed by atoms with Gasteiger partial charge in [0.05, 0.1) is 4.91 Å². The SMILES string of the molecule is CC(C)(N1C=C(S(N)(=O)=O)C=CC1)C(F)(F)F. The second kappa shape index (κ2) is 4.02. The summed E-state index contributed by atoms with van der Waals surface area (Å²) in [5.41, 5.74) is -2.16. The highest BCUT2D eigenvalue weighted by molar-refractivity contribution is 7.93. The van der Waals surface area contributed by atoms with Crippen molar-refractivity contribution in [2.24, 2.45) is 5.14 Å². The van der Waals surface area contributed by atoms with Crippen LogP contribution in [0.25, 0.3) is 0 Å². The molecule has 0 saturated heterocycles. The topological polar surface area (TPSA) is 63.4 Å². The Hall–Kier alpha value is -1.02. The Labute approximate surface area is 97.6 Å². The van der Waals surface area contributed by atoms with Gasteiger partial charge in [0, 0.05) is 12.7 Å². The van der Waals surface area contributed by atoms with Gasteiger partial charge in [-0.2, -0.15) is 13.2 Å². The summed E-state index contributed by atoms with van der Waals surface area (Å²) >= 11 is 0. The van der Waals surface area contributed by atoms with Crippen molar-refractivity contribution in [2.45, 2.75) is 25.6 Å². The van der Waals surface area contributed by atoms with E-state index in [0.717, 1.165) is 24.9 Å². The van der Waals surface area contributed by atoms with Gasteiger partial charge in [-0.25, -0.2) is 13.6 Å². The molecule has 0 amide bonds. The zero-order valence-corrected chi connectivity index (χ0v) is 10.1. The van der Waals surface area contributed by atoms with Gasteiger partial charge in [0.1, 0.15) is 5.54 Å². The molecule has 98 valence electrons. The van der Waals surface area contributed by atoms with Crippen LogP contribution >= 0.6 is 0 Å². The van der Waals surface area contributed by atoms with Crippen LogP contribution in [-0.4, -0.2) is 31.6 Å². The molecule has 0 saturated carbocycles. The number of allylic oxidation sites excluding steroid dienone is 1. The number of halogens is 3.